The molecule has 0 amide bonds. The first-order valence-electron chi connectivity index (χ1n) is 12.6. The summed E-state index contributed by atoms with van der Waals surface area (Å²) in [5.74, 6) is 9.68. The van der Waals surface area contributed by atoms with Crippen LogP contribution in [0, 0.1) is 53.3 Å². The molecular weight excluding hydrogens is 380 g/mol. The highest BCUT2D eigenvalue weighted by Crippen LogP contribution is 2.67. The third kappa shape index (κ3) is 3.48. The standard InChI is InChI=1S/C29H40O2/c1-20-5-7-21(8-6-20)13-16-29(30)18-17-27(2)22(19-29)9-10-23-24-11-12-26(31-4)28(24,3)15-14-25(23)27/h5-8,22-26,30H,9-12,14-15,17-19H2,1-4H3/t22?,23?,24?,25?,26-,27-,28-,29+/m0/s1. The van der Waals surface area contributed by atoms with Crippen LogP contribution >= 0.6 is 0 Å². The molecule has 5 rings (SSSR count). The average Bonchev–Trinajstić information content (AvgIpc) is 3.10. The van der Waals surface area contributed by atoms with Crippen LogP contribution in [0.15, 0.2) is 24.3 Å². The highest BCUT2D eigenvalue weighted by Gasteiger charge is 2.61. The Hall–Kier alpha value is -1.30. The molecule has 168 valence electrons. The number of fused-ring (bicyclic) bond motifs is 5. The molecule has 4 saturated carbocycles. The zero-order chi connectivity index (χ0) is 21.9. The number of aliphatic hydroxyl groups is 1. The van der Waals surface area contributed by atoms with E-state index in [1.165, 1.54) is 44.1 Å². The summed E-state index contributed by atoms with van der Waals surface area (Å²) in [6.45, 7) is 7.18. The molecule has 2 heteroatoms. The van der Waals surface area contributed by atoms with Crippen molar-refractivity contribution in [2.45, 2.75) is 90.3 Å². The maximum atomic E-state index is 11.4. The second-order valence-corrected chi connectivity index (χ2v) is 11.9. The predicted molar refractivity (Wildman–Crippen MR) is 126 cm³/mol. The molecule has 1 N–H and O–H groups in total. The first-order chi connectivity index (χ1) is 14.8. The van der Waals surface area contributed by atoms with E-state index in [1.807, 2.05) is 7.11 Å². The van der Waals surface area contributed by atoms with Crippen molar-refractivity contribution in [1.82, 2.24) is 0 Å². The summed E-state index contributed by atoms with van der Waals surface area (Å²) < 4.78 is 5.94. The van der Waals surface area contributed by atoms with Crippen LogP contribution in [-0.4, -0.2) is 23.9 Å². The topological polar surface area (TPSA) is 29.5 Å². The fraction of sp³-hybridized carbons (Fsp3) is 0.724. The molecule has 4 fully saturated rings. The molecule has 31 heavy (non-hydrogen) atoms. The molecule has 0 aromatic heterocycles. The normalized spacial score (nSPS) is 46.3. The lowest BCUT2D eigenvalue weighted by Gasteiger charge is -2.61. The lowest BCUT2D eigenvalue weighted by Crippen LogP contribution is -2.56. The maximum Gasteiger partial charge on any atom is 0.126 e. The van der Waals surface area contributed by atoms with E-state index in [1.54, 1.807) is 0 Å². The van der Waals surface area contributed by atoms with Crippen LogP contribution in [0.1, 0.15) is 82.8 Å². The minimum Gasteiger partial charge on any atom is -0.381 e. The van der Waals surface area contributed by atoms with Crippen LogP contribution in [-0.2, 0) is 4.74 Å². The Morgan fingerprint density at radius 3 is 2.39 bits per heavy atom. The monoisotopic (exact) mass is 420 g/mol. The van der Waals surface area contributed by atoms with Crippen LogP contribution < -0.4 is 0 Å². The van der Waals surface area contributed by atoms with E-state index < -0.39 is 5.60 Å². The first kappa shape index (κ1) is 21.5. The van der Waals surface area contributed by atoms with E-state index in [9.17, 15) is 5.11 Å². The molecule has 0 heterocycles. The molecule has 2 nitrogen and oxygen atoms in total. The largest absolute Gasteiger partial charge is 0.381 e. The van der Waals surface area contributed by atoms with E-state index in [-0.39, 0.29) is 0 Å². The molecule has 0 saturated heterocycles. The number of rotatable bonds is 1. The van der Waals surface area contributed by atoms with Gasteiger partial charge in [-0.15, -0.1) is 0 Å². The Morgan fingerprint density at radius 1 is 0.903 bits per heavy atom. The smallest absolute Gasteiger partial charge is 0.126 e. The summed E-state index contributed by atoms with van der Waals surface area (Å²) in [6, 6.07) is 8.33. The van der Waals surface area contributed by atoms with E-state index >= 15 is 0 Å². The zero-order valence-electron chi connectivity index (χ0n) is 19.9. The SMILES string of the molecule is CO[C@H]1CCC2C3CCC4C[C@@](O)(C#Cc5ccc(C)cc5)CC[C@]4(C)C3CC[C@@]21C. The van der Waals surface area contributed by atoms with Gasteiger partial charge in [-0.25, -0.2) is 0 Å². The second-order valence-electron chi connectivity index (χ2n) is 11.9. The van der Waals surface area contributed by atoms with Gasteiger partial charge < -0.3 is 9.84 Å². The van der Waals surface area contributed by atoms with E-state index in [0.29, 0.717) is 22.9 Å². The van der Waals surface area contributed by atoms with Crippen molar-refractivity contribution in [1.29, 1.82) is 0 Å². The predicted octanol–water partition coefficient (Wildman–Crippen LogP) is 6.14. The molecule has 4 aliphatic carbocycles. The molecule has 1 aromatic carbocycles. The van der Waals surface area contributed by atoms with Gasteiger partial charge in [0.25, 0.3) is 0 Å². The Bertz CT molecular complexity index is 878. The van der Waals surface area contributed by atoms with Crippen molar-refractivity contribution < 1.29 is 9.84 Å². The Labute approximate surface area is 189 Å². The summed E-state index contributed by atoms with van der Waals surface area (Å²) in [4.78, 5) is 0. The van der Waals surface area contributed by atoms with Gasteiger partial charge in [-0.05, 0) is 111 Å². The van der Waals surface area contributed by atoms with Gasteiger partial charge in [0.15, 0.2) is 0 Å². The van der Waals surface area contributed by atoms with E-state index in [0.717, 1.165) is 42.6 Å². The fourth-order valence-electron chi connectivity index (χ4n) is 8.52. The maximum absolute atomic E-state index is 11.4. The molecule has 0 spiro atoms. The van der Waals surface area contributed by atoms with Gasteiger partial charge >= 0.3 is 0 Å². The minimum absolute atomic E-state index is 0.368. The van der Waals surface area contributed by atoms with Crippen molar-refractivity contribution in [3.8, 4) is 11.8 Å². The molecule has 4 aliphatic rings. The Kier molecular flexibility index (Phi) is 5.31. The Morgan fingerprint density at radius 2 is 1.65 bits per heavy atom. The summed E-state index contributed by atoms with van der Waals surface area (Å²) in [5.41, 5.74) is 2.19. The second kappa shape index (κ2) is 7.64. The highest BCUT2D eigenvalue weighted by molar-refractivity contribution is 5.38. The lowest BCUT2D eigenvalue weighted by molar-refractivity contribution is -0.146. The molecule has 8 atom stereocenters. The number of methoxy groups -OCH3 is 1. The van der Waals surface area contributed by atoms with Crippen molar-refractivity contribution in [2.75, 3.05) is 7.11 Å². The quantitative estimate of drug-likeness (QED) is 0.553. The van der Waals surface area contributed by atoms with Gasteiger partial charge in [-0.2, -0.15) is 0 Å². The van der Waals surface area contributed by atoms with Crippen molar-refractivity contribution in [3.63, 3.8) is 0 Å². The van der Waals surface area contributed by atoms with E-state index in [4.69, 9.17) is 4.74 Å². The van der Waals surface area contributed by atoms with Crippen molar-refractivity contribution >= 4 is 0 Å². The van der Waals surface area contributed by atoms with Gasteiger partial charge in [-0.1, -0.05) is 43.4 Å². The van der Waals surface area contributed by atoms with Crippen LogP contribution in [0.25, 0.3) is 0 Å². The molecule has 1 aromatic rings. The van der Waals surface area contributed by atoms with Crippen LogP contribution in [0.5, 0.6) is 0 Å². The van der Waals surface area contributed by atoms with Crippen LogP contribution in [0.4, 0.5) is 0 Å². The number of ether oxygens (including phenoxy) is 1. The van der Waals surface area contributed by atoms with Gasteiger partial charge in [-0.3, -0.25) is 0 Å². The lowest BCUT2D eigenvalue weighted by atomic mass is 9.44. The summed E-state index contributed by atoms with van der Waals surface area (Å²) >= 11 is 0. The fourth-order valence-corrected chi connectivity index (χ4v) is 8.52. The summed E-state index contributed by atoms with van der Waals surface area (Å²) in [5, 5.41) is 11.4. The number of benzene rings is 1. The first-order valence-corrected chi connectivity index (χ1v) is 12.6. The minimum atomic E-state index is -0.820. The van der Waals surface area contributed by atoms with Crippen LogP contribution in [0.3, 0.4) is 0 Å². The van der Waals surface area contributed by atoms with Crippen molar-refractivity contribution in [2.24, 2.45) is 34.5 Å². The molecule has 0 radical (unpaired) electrons. The van der Waals surface area contributed by atoms with Gasteiger partial charge in [0, 0.05) is 12.7 Å². The number of aryl methyl sites for hydroxylation is 1. The Balaban J connectivity index is 1.34. The third-order valence-corrected chi connectivity index (χ3v) is 10.4. The molecule has 4 unspecified atom stereocenters. The summed E-state index contributed by atoms with van der Waals surface area (Å²) in [7, 11) is 1.92. The molecule has 0 bridgehead atoms. The number of hydrogen-bond donors (Lipinski definition) is 1. The van der Waals surface area contributed by atoms with Crippen molar-refractivity contribution in [3.05, 3.63) is 35.4 Å². The van der Waals surface area contributed by atoms with Gasteiger partial charge in [0.1, 0.15) is 5.60 Å². The van der Waals surface area contributed by atoms with Gasteiger partial charge in [0.05, 0.1) is 6.10 Å². The third-order valence-electron chi connectivity index (χ3n) is 10.4. The van der Waals surface area contributed by atoms with Gasteiger partial charge in [0.2, 0.25) is 0 Å². The van der Waals surface area contributed by atoms with E-state index in [2.05, 4.69) is 56.9 Å². The molecular formula is C29H40O2. The average molecular weight is 421 g/mol. The van der Waals surface area contributed by atoms with Crippen LogP contribution in [0.2, 0.25) is 0 Å². The highest BCUT2D eigenvalue weighted by atomic mass is 16.5. The molecule has 0 aliphatic heterocycles. The number of hydrogen-bond acceptors (Lipinski definition) is 2. The summed E-state index contributed by atoms with van der Waals surface area (Å²) in [6.07, 6.45) is 11.1. The zero-order valence-corrected chi connectivity index (χ0v) is 19.9.